The van der Waals surface area contributed by atoms with Gasteiger partial charge in [0.05, 0.1) is 16.9 Å². The first-order chi connectivity index (χ1) is 11.4. The van der Waals surface area contributed by atoms with Crippen molar-refractivity contribution in [2.24, 2.45) is 0 Å². The van der Waals surface area contributed by atoms with Crippen LogP contribution < -0.4 is 0 Å². The third-order valence-corrected chi connectivity index (χ3v) is 4.41. The highest BCUT2D eigenvalue weighted by atomic mass is 35.5. The van der Waals surface area contributed by atoms with Gasteiger partial charge in [0.2, 0.25) is 0 Å². The summed E-state index contributed by atoms with van der Waals surface area (Å²) in [5.41, 5.74) is -1.04. The van der Waals surface area contributed by atoms with Crippen LogP contribution in [0.15, 0.2) is 30.5 Å². The quantitative estimate of drug-likeness (QED) is 0.854. The Labute approximate surface area is 142 Å². The Morgan fingerprint density at radius 2 is 1.88 bits per heavy atom. The second kappa shape index (κ2) is 6.21. The van der Waals surface area contributed by atoms with Crippen LogP contribution in [0, 0.1) is 0 Å². The average molecular weight is 351 g/mol. The monoisotopic (exact) mass is 350 g/mol. The zero-order chi connectivity index (χ0) is 17.3. The van der Waals surface area contributed by atoms with Crippen LogP contribution in [0.25, 0.3) is 5.69 Å². The summed E-state index contributed by atoms with van der Waals surface area (Å²) in [5.74, 6) is -1.62. The maximum atomic E-state index is 12.5. The second-order valence-electron chi connectivity index (χ2n) is 5.63. The van der Waals surface area contributed by atoms with Crippen LogP contribution in [0.3, 0.4) is 0 Å². The first kappa shape index (κ1) is 16.4. The van der Waals surface area contributed by atoms with Crippen molar-refractivity contribution in [1.29, 1.82) is 0 Å². The minimum atomic E-state index is -1.77. The highest BCUT2D eigenvalue weighted by Gasteiger charge is 2.40. The lowest BCUT2D eigenvalue weighted by Gasteiger charge is -2.34. The van der Waals surface area contributed by atoms with Gasteiger partial charge >= 0.3 is 5.97 Å². The summed E-state index contributed by atoms with van der Waals surface area (Å²) in [6.07, 6.45) is 1.43. The molecule has 1 aliphatic rings. The Kier molecular flexibility index (Phi) is 4.25. The Hall–Kier alpha value is -2.45. The zero-order valence-corrected chi connectivity index (χ0v) is 13.3. The van der Waals surface area contributed by atoms with Gasteiger partial charge in [-0.25, -0.2) is 9.48 Å². The summed E-state index contributed by atoms with van der Waals surface area (Å²) in [6.45, 7) is 0.279. The third kappa shape index (κ3) is 2.98. The van der Waals surface area contributed by atoms with Crippen LogP contribution in [0.5, 0.6) is 0 Å². The SMILES string of the molecule is O=C(c1cn(-c2ccccc2Cl)nn1)N1CCC(O)(C(=O)O)CC1. The van der Waals surface area contributed by atoms with E-state index < -0.39 is 11.6 Å². The van der Waals surface area contributed by atoms with Gasteiger partial charge in [-0.1, -0.05) is 28.9 Å². The number of aromatic nitrogens is 3. The van der Waals surface area contributed by atoms with E-state index in [1.807, 2.05) is 0 Å². The highest BCUT2D eigenvalue weighted by molar-refractivity contribution is 6.32. The number of likely N-dealkylation sites (tertiary alicyclic amines) is 1. The van der Waals surface area contributed by atoms with Gasteiger partial charge in [-0.05, 0) is 12.1 Å². The van der Waals surface area contributed by atoms with Crippen molar-refractivity contribution in [2.45, 2.75) is 18.4 Å². The molecule has 1 amide bonds. The van der Waals surface area contributed by atoms with Crippen molar-refractivity contribution >= 4 is 23.5 Å². The van der Waals surface area contributed by atoms with Gasteiger partial charge in [0.25, 0.3) is 5.91 Å². The first-order valence-electron chi connectivity index (χ1n) is 7.33. The van der Waals surface area contributed by atoms with Crippen LogP contribution in [0.4, 0.5) is 0 Å². The second-order valence-corrected chi connectivity index (χ2v) is 6.04. The number of carbonyl (C=O) groups excluding carboxylic acids is 1. The van der Waals surface area contributed by atoms with E-state index in [4.69, 9.17) is 16.7 Å². The maximum absolute atomic E-state index is 12.5. The molecule has 1 fully saturated rings. The van der Waals surface area contributed by atoms with E-state index >= 15 is 0 Å². The lowest BCUT2D eigenvalue weighted by molar-refractivity contribution is -0.162. The number of halogens is 1. The molecule has 2 heterocycles. The molecule has 3 rings (SSSR count). The topological polar surface area (TPSA) is 109 Å². The number of nitrogens with zero attached hydrogens (tertiary/aromatic N) is 4. The predicted molar refractivity (Wildman–Crippen MR) is 84.1 cm³/mol. The van der Waals surface area contributed by atoms with Crippen molar-refractivity contribution in [3.8, 4) is 5.69 Å². The minimum Gasteiger partial charge on any atom is -0.479 e. The third-order valence-electron chi connectivity index (χ3n) is 4.09. The molecule has 8 nitrogen and oxygen atoms in total. The van der Waals surface area contributed by atoms with Crippen molar-refractivity contribution in [3.05, 3.63) is 41.2 Å². The molecule has 2 N–H and O–H groups in total. The normalized spacial score (nSPS) is 16.8. The summed E-state index contributed by atoms with van der Waals surface area (Å²) in [7, 11) is 0. The minimum absolute atomic E-state index is 0.0211. The number of piperidine rings is 1. The number of aliphatic hydroxyl groups is 1. The lowest BCUT2D eigenvalue weighted by Crippen LogP contribution is -2.50. The van der Waals surface area contributed by atoms with Crippen LogP contribution in [-0.2, 0) is 4.79 Å². The van der Waals surface area contributed by atoms with E-state index in [0.29, 0.717) is 10.7 Å². The van der Waals surface area contributed by atoms with Gasteiger partial charge in [-0.15, -0.1) is 5.10 Å². The van der Waals surface area contributed by atoms with Crippen molar-refractivity contribution in [2.75, 3.05) is 13.1 Å². The number of aliphatic carboxylic acids is 1. The molecule has 0 spiro atoms. The van der Waals surface area contributed by atoms with Gasteiger partial charge in [0.15, 0.2) is 11.3 Å². The van der Waals surface area contributed by atoms with Gasteiger partial charge in [-0.2, -0.15) is 0 Å². The van der Waals surface area contributed by atoms with Crippen molar-refractivity contribution < 1.29 is 19.8 Å². The Morgan fingerprint density at radius 3 is 2.50 bits per heavy atom. The molecule has 0 saturated carbocycles. The fraction of sp³-hybridized carbons (Fsp3) is 0.333. The molecule has 0 atom stereocenters. The first-order valence-corrected chi connectivity index (χ1v) is 7.71. The number of rotatable bonds is 3. The molecule has 24 heavy (non-hydrogen) atoms. The molecular formula is C15H15ClN4O4. The molecule has 1 aromatic carbocycles. The van der Waals surface area contributed by atoms with Crippen LogP contribution >= 0.6 is 11.6 Å². The average Bonchev–Trinajstić information content (AvgIpc) is 3.05. The van der Waals surface area contributed by atoms with Gasteiger partial charge < -0.3 is 15.1 Å². The number of hydrogen-bond donors (Lipinski definition) is 2. The van der Waals surface area contributed by atoms with E-state index in [0.717, 1.165) is 0 Å². The molecule has 126 valence electrons. The maximum Gasteiger partial charge on any atom is 0.335 e. The number of benzene rings is 1. The fourth-order valence-electron chi connectivity index (χ4n) is 2.57. The smallest absolute Gasteiger partial charge is 0.335 e. The van der Waals surface area contributed by atoms with Gasteiger partial charge in [0, 0.05) is 25.9 Å². The number of para-hydroxylation sites is 1. The number of hydrogen-bond acceptors (Lipinski definition) is 5. The van der Waals surface area contributed by atoms with Gasteiger partial charge in [0.1, 0.15) is 0 Å². The summed E-state index contributed by atoms with van der Waals surface area (Å²) in [5, 5.41) is 27.2. The molecule has 0 bridgehead atoms. The standard InChI is InChI=1S/C15H15ClN4O4/c16-10-3-1-2-4-12(10)20-9-11(17-18-20)13(21)19-7-5-15(24,6-8-19)14(22)23/h1-4,9,24H,5-8H2,(H,22,23). The van der Waals surface area contributed by atoms with E-state index in [2.05, 4.69) is 10.3 Å². The molecule has 0 aliphatic carbocycles. The highest BCUT2D eigenvalue weighted by Crippen LogP contribution is 2.24. The molecule has 2 aromatic rings. The molecule has 0 unspecified atom stereocenters. The van der Waals surface area contributed by atoms with E-state index in [1.165, 1.54) is 15.8 Å². The molecular weight excluding hydrogens is 336 g/mol. The number of carboxylic acids is 1. The number of amides is 1. The van der Waals surface area contributed by atoms with E-state index in [1.54, 1.807) is 24.3 Å². The van der Waals surface area contributed by atoms with Crippen LogP contribution in [0.2, 0.25) is 5.02 Å². The largest absolute Gasteiger partial charge is 0.479 e. The van der Waals surface area contributed by atoms with E-state index in [9.17, 15) is 14.7 Å². The molecule has 1 aromatic heterocycles. The molecule has 0 radical (unpaired) electrons. The number of carboxylic acid groups (broad SMARTS) is 1. The van der Waals surface area contributed by atoms with E-state index in [-0.39, 0.29) is 37.5 Å². The van der Waals surface area contributed by atoms with Gasteiger partial charge in [-0.3, -0.25) is 4.79 Å². The fourth-order valence-corrected chi connectivity index (χ4v) is 2.79. The summed E-state index contributed by atoms with van der Waals surface area (Å²) < 4.78 is 1.41. The lowest BCUT2D eigenvalue weighted by atomic mass is 9.91. The summed E-state index contributed by atoms with van der Waals surface area (Å²) in [4.78, 5) is 24.9. The molecule has 1 aliphatic heterocycles. The van der Waals surface area contributed by atoms with Crippen molar-refractivity contribution in [1.82, 2.24) is 19.9 Å². The van der Waals surface area contributed by atoms with Crippen LogP contribution in [0.1, 0.15) is 23.3 Å². The molecule has 1 saturated heterocycles. The zero-order valence-electron chi connectivity index (χ0n) is 12.6. The predicted octanol–water partition coefficient (Wildman–Crippen LogP) is 0.972. The number of carbonyl (C=O) groups is 2. The van der Waals surface area contributed by atoms with Crippen LogP contribution in [-0.4, -0.2) is 60.7 Å². The Balaban J connectivity index is 1.74. The van der Waals surface area contributed by atoms with Crippen molar-refractivity contribution in [3.63, 3.8) is 0 Å². The summed E-state index contributed by atoms with van der Waals surface area (Å²) in [6, 6.07) is 7.03. The Morgan fingerprint density at radius 1 is 1.21 bits per heavy atom. The summed E-state index contributed by atoms with van der Waals surface area (Å²) >= 11 is 6.09. The molecule has 9 heteroatoms. The Bertz CT molecular complexity index is 783.